The molecule has 6 N–H and O–H groups in total. The van der Waals surface area contributed by atoms with Crippen LogP contribution >= 0.6 is 0 Å². The normalized spacial score (nSPS) is 49.3. The molecule has 27 unspecified atom stereocenters. The number of nitrogens with zero attached hydrogens (tertiary/aromatic N) is 1. The largest absolute Gasteiger partial charge is 0.511 e. The maximum absolute atomic E-state index is 15.6. The molecule has 23 nitrogen and oxygen atoms in total. The fourth-order valence-electron chi connectivity index (χ4n) is 15.8. The maximum atomic E-state index is 15.6. The van der Waals surface area contributed by atoms with Gasteiger partial charge in [-0.15, -0.1) is 0 Å². The zero-order chi connectivity index (χ0) is 61.2. The minimum absolute atomic E-state index is 0.00457. The highest BCUT2D eigenvalue weighted by Gasteiger charge is 2.64. The van der Waals surface area contributed by atoms with Gasteiger partial charge in [-0.3, -0.25) is 14.9 Å². The van der Waals surface area contributed by atoms with Crippen LogP contribution in [0.15, 0.2) is 58.4 Å². The van der Waals surface area contributed by atoms with Crippen molar-refractivity contribution in [1.29, 1.82) is 0 Å². The molecule has 1 saturated carbocycles. The molecule has 9 rings (SSSR count). The molecule has 0 aromatic heterocycles. The van der Waals surface area contributed by atoms with E-state index >= 15 is 4.79 Å². The van der Waals surface area contributed by atoms with Gasteiger partial charge >= 0.3 is 12.1 Å². The second-order valence-corrected chi connectivity index (χ2v) is 25.9. The van der Waals surface area contributed by atoms with Crippen LogP contribution in [-0.4, -0.2) is 185 Å². The van der Waals surface area contributed by atoms with E-state index in [9.17, 15) is 45.2 Å². The Hall–Kier alpha value is -4.21. The number of aliphatic hydroxyl groups is 5. The van der Waals surface area contributed by atoms with Crippen molar-refractivity contribution in [2.45, 2.75) is 237 Å². The second kappa shape index (κ2) is 25.1. The molecule has 84 heavy (non-hydrogen) atoms. The van der Waals surface area contributed by atoms with E-state index in [0.717, 1.165) is 5.57 Å². The number of ketones is 1. The van der Waals surface area contributed by atoms with Crippen LogP contribution in [0.3, 0.4) is 0 Å². The number of nitrogens with one attached hydrogen (secondary N) is 1. The molecule has 5 saturated heterocycles. The van der Waals surface area contributed by atoms with E-state index in [4.69, 9.17) is 52.1 Å². The summed E-state index contributed by atoms with van der Waals surface area (Å²) in [4.78, 5) is 55.1. The summed E-state index contributed by atoms with van der Waals surface area (Å²) >= 11 is 0. The first-order chi connectivity index (χ1) is 39.6. The molecule has 27 atom stereocenters. The summed E-state index contributed by atoms with van der Waals surface area (Å²) in [6.07, 6.45) is -3.57. The predicted octanol–water partition coefficient (Wildman–Crippen LogP) is 5.57. The summed E-state index contributed by atoms with van der Waals surface area (Å²) in [5, 5.41) is 72.9. The number of nitro groups is 1. The van der Waals surface area contributed by atoms with Gasteiger partial charge in [0.1, 0.15) is 35.7 Å². The molecule has 0 aromatic rings. The van der Waals surface area contributed by atoms with Crippen molar-refractivity contribution in [3.8, 4) is 0 Å². The Bertz CT molecular complexity index is 2600. The molecule has 6 fully saturated rings. The van der Waals surface area contributed by atoms with Gasteiger partial charge in [0.05, 0.1) is 75.1 Å². The zero-order valence-corrected chi connectivity index (χ0v) is 50.6. The first kappa shape index (κ1) is 64.3. The second-order valence-electron chi connectivity index (χ2n) is 25.9. The Morgan fingerprint density at radius 3 is 2.01 bits per heavy atom. The Labute approximate surface area is 491 Å². The number of alkyl carbamates (subject to hydrolysis) is 1. The first-order valence-corrected chi connectivity index (χ1v) is 30.0. The number of amides is 1. The zero-order valence-electron chi connectivity index (χ0n) is 50.6. The summed E-state index contributed by atoms with van der Waals surface area (Å²) in [5.74, 6) is -5.10. The van der Waals surface area contributed by atoms with Gasteiger partial charge in [0, 0.05) is 67.8 Å². The van der Waals surface area contributed by atoms with E-state index in [2.05, 4.69) is 25.2 Å². The van der Waals surface area contributed by atoms with Crippen molar-refractivity contribution < 1.29 is 96.9 Å². The molecule has 2 bridgehead atoms. The van der Waals surface area contributed by atoms with Crippen LogP contribution in [0.5, 0.6) is 0 Å². The van der Waals surface area contributed by atoms with Gasteiger partial charge in [-0.2, -0.15) is 0 Å². The number of methoxy groups -OCH3 is 2. The van der Waals surface area contributed by atoms with Gasteiger partial charge < -0.3 is 83.0 Å². The SMILES string of the molecule is COC(=O)NC1C(C)OC(OC2C/C=C(/C)C3C=CC4C(OC5CC(OC6CC(O)C(OC7CC(O)C(OC)C(C)O7)C(C)O6)C(O)C(C)O5)C(C)CC(C)C4C3(C)/C(O)=C3\C(=O)OC4(CC(C)C(CO)=CC4/C=C\2C)C3=O)CC1(C)[N+](=O)[O-]. The van der Waals surface area contributed by atoms with Gasteiger partial charge in [0.25, 0.3) is 0 Å². The van der Waals surface area contributed by atoms with Crippen molar-refractivity contribution in [3.05, 3.63) is 68.5 Å². The molecule has 4 aliphatic carbocycles. The average molecular weight is 1190 g/mol. The van der Waals surface area contributed by atoms with Crippen LogP contribution in [0.4, 0.5) is 4.79 Å². The van der Waals surface area contributed by atoms with E-state index in [1.807, 2.05) is 32.9 Å². The Morgan fingerprint density at radius 1 is 0.762 bits per heavy atom. The third-order valence-corrected chi connectivity index (χ3v) is 20.3. The monoisotopic (exact) mass is 1190 g/mol. The molecule has 1 amide bonds. The fraction of sp³-hybridized carbons (Fsp3) is 0.787. The lowest BCUT2D eigenvalue weighted by Gasteiger charge is -2.56. The van der Waals surface area contributed by atoms with E-state index < -0.39 is 185 Å². The Balaban J connectivity index is 1.01. The molecule has 5 aliphatic heterocycles. The molecule has 470 valence electrons. The van der Waals surface area contributed by atoms with Gasteiger partial charge in [0.2, 0.25) is 11.3 Å². The minimum atomic E-state index is -1.82. The van der Waals surface area contributed by atoms with Crippen LogP contribution in [0, 0.1) is 57.0 Å². The molecule has 1 spiro atoms. The third kappa shape index (κ3) is 11.8. The highest BCUT2D eigenvalue weighted by molar-refractivity contribution is 6.26. The van der Waals surface area contributed by atoms with E-state index in [1.54, 1.807) is 46.8 Å². The summed E-state index contributed by atoms with van der Waals surface area (Å²) in [6.45, 7) is 19.6. The topological polar surface area (TPSA) is 309 Å². The van der Waals surface area contributed by atoms with Crippen LogP contribution in [0.2, 0.25) is 0 Å². The highest BCUT2D eigenvalue weighted by Crippen LogP contribution is 2.61. The van der Waals surface area contributed by atoms with Crippen molar-refractivity contribution in [3.63, 3.8) is 0 Å². The number of hydrogen-bond donors (Lipinski definition) is 6. The average Bonchev–Trinajstić information content (AvgIpc) is 2.80. The van der Waals surface area contributed by atoms with Crippen molar-refractivity contribution in [2.75, 3.05) is 20.8 Å². The highest BCUT2D eigenvalue weighted by atomic mass is 16.7. The molecule has 0 radical (unpaired) electrons. The molecule has 0 aromatic carbocycles. The quantitative estimate of drug-likeness (QED) is 0.0457. The molecular formula is C61H90N2O21. The number of ether oxygens (including phenoxy) is 11. The predicted molar refractivity (Wildman–Crippen MR) is 298 cm³/mol. The number of carbonyl (C=O) groups excluding carboxylic acids is 3. The number of hydrogen-bond acceptors (Lipinski definition) is 21. The van der Waals surface area contributed by atoms with Crippen molar-refractivity contribution in [2.24, 2.45) is 46.8 Å². The van der Waals surface area contributed by atoms with Crippen LogP contribution in [0.25, 0.3) is 0 Å². The number of esters is 1. The number of aliphatic hydroxyl groups excluding tert-OH is 5. The minimum Gasteiger partial charge on any atom is -0.511 e. The number of fused-ring (bicyclic) bond motifs is 4. The molecule has 23 heteroatoms. The lowest BCUT2D eigenvalue weighted by atomic mass is 9.49. The van der Waals surface area contributed by atoms with Crippen molar-refractivity contribution in [1.82, 2.24) is 5.32 Å². The van der Waals surface area contributed by atoms with E-state index in [-0.39, 0.29) is 57.0 Å². The number of Topliss-reactive ketones (excluding diaryl/α,β-unsaturated/α-hetero) is 1. The first-order valence-electron chi connectivity index (χ1n) is 30.0. The fourth-order valence-corrected chi connectivity index (χ4v) is 15.8. The number of allylic oxidation sites excluding steroid dienone is 3. The van der Waals surface area contributed by atoms with Gasteiger partial charge in [-0.25, -0.2) is 9.59 Å². The van der Waals surface area contributed by atoms with Crippen LogP contribution in [-0.2, 0) is 61.7 Å². The van der Waals surface area contributed by atoms with Gasteiger partial charge in [-0.1, -0.05) is 63.6 Å². The van der Waals surface area contributed by atoms with E-state index in [1.165, 1.54) is 21.1 Å². The van der Waals surface area contributed by atoms with Crippen molar-refractivity contribution >= 4 is 17.8 Å². The summed E-state index contributed by atoms with van der Waals surface area (Å²) in [6, 6.07) is -1.08. The molecule has 9 aliphatic rings. The number of carbonyl (C=O) groups is 3. The van der Waals surface area contributed by atoms with Gasteiger partial charge in [0.15, 0.2) is 30.8 Å². The van der Waals surface area contributed by atoms with Crippen LogP contribution < -0.4 is 5.32 Å². The smallest absolute Gasteiger partial charge is 0.407 e. The standard InChI is InChI=1S/C61H90N2O21/c1-27-14-17-42(80-47-25-59(10,63(72)73)54(35(9)79-47)62-58(71)75-13)28(2)19-37-20-36(26-64)31(5)24-61(37)56(69)48(57(70)84-61)55(68)60(11)39(27)16-15-38-49(60)29(3)18-30(4)51(38)82-46-23-43(50(67)32(6)76-46)81-44-22-41(66)53(34(8)78-44)83-45-21-40(65)52(74-12)33(7)77-45/h14-16,19-20,29-35,37-47,49-54,64-68H,17-18,21-26H2,1-13H3,(H,62,71)/b27-14-,28-19-,55-48+. The maximum Gasteiger partial charge on any atom is 0.407 e. The summed E-state index contributed by atoms with van der Waals surface area (Å²) < 4.78 is 68.0. The lowest BCUT2D eigenvalue weighted by molar-refractivity contribution is -0.584. The molecule has 5 heterocycles. The van der Waals surface area contributed by atoms with Gasteiger partial charge in [-0.05, 0) is 89.2 Å². The lowest BCUT2D eigenvalue weighted by Crippen LogP contribution is -2.65. The van der Waals surface area contributed by atoms with E-state index in [0.29, 0.717) is 17.6 Å². The third-order valence-electron chi connectivity index (χ3n) is 20.3. The Morgan fingerprint density at radius 2 is 1.38 bits per heavy atom. The molecular weight excluding hydrogens is 1100 g/mol. The summed E-state index contributed by atoms with van der Waals surface area (Å²) in [5.41, 5.74) is -3.37. The Kier molecular flexibility index (Phi) is 19.2. The summed E-state index contributed by atoms with van der Waals surface area (Å²) in [7, 11) is 2.67. The number of rotatable bonds is 12. The van der Waals surface area contributed by atoms with Crippen LogP contribution in [0.1, 0.15) is 121 Å².